The van der Waals surface area contributed by atoms with Crippen molar-refractivity contribution in [2.24, 2.45) is 4.99 Å². The second-order valence-corrected chi connectivity index (χ2v) is 11.0. The molecular weight excluding hydrogens is 656 g/mol. The molecule has 1 aromatic heterocycles. The van der Waals surface area contributed by atoms with Crippen LogP contribution in [0, 0.1) is 0 Å². The number of hydrogen-bond donors (Lipinski definition) is 0. The molecule has 1 aliphatic rings. The molecule has 0 saturated carbocycles. The molecule has 2 aromatic carbocycles. The molecule has 2 heterocycles. The lowest BCUT2D eigenvalue weighted by Gasteiger charge is -2.26. The van der Waals surface area contributed by atoms with Gasteiger partial charge in [-0.1, -0.05) is 27.3 Å². The third-order valence-corrected chi connectivity index (χ3v) is 8.33. The lowest BCUT2D eigenvalue weighted by Crippen LogP contribution is -2.40. The predicted octanol–water partition coefficient (Wildman–Crippen LogP) is 4.36. The Morgan fingerprint density at radius 2 is 1.67 bits per heavy atom. The van der Waals surface area contributed by atoms with Crippen molar-refractivity contribution in [3.8, 4) is 23.0 Å². The van der Waals surface area contributed by atoms with E-state index in [4.69, 9.17) is 23.7 Å². The third kappa shape index (κ3) is 5.37. The molecule has 12 heteroatoms. The number of nitrogens with zero attached hydrogens (tertiary/aromatic N) is 2. The summed E-state index contributed by atoms with van der Waals surface area (Å²) < 4.78 is 30.4. The fourth-order valence-corrected chi connectivity index (χ4v) is 6.55. The summed E-state index contributed by atoms with van der Waals surface area (Å²) in [6.45, 7) is 3.64. The van der Waals surface area contributed by atoms with Crippen molar-refractivity contribution in [1.29, 1.82) is 0 Å². The number of ether oxygens (including phenoxy) is 5. The Bertz CT molecular complexity index is 1660. The SMILES string of the molecule is CCOC(=O)C1=C(C)N=c2s/c(=C\c3cc(Br)c(OC)c(OC)c3)c(=O)n2[C@@H]1c1cc(OC)c(OC)cc1Br. The molecule has 0 saturated heterocycles. The summed E-state index contributed by atoms with van der Waals surface area (Å²) in [4.78, 5) is 32.2. The lowest BCUT2D eigenvalue weighted by atomic mass is 9.95. The summed E-state index contributed by atoms with van der Waals surface area (Å²) in [5.41, 5.74) is 1.74. The first-order valence-electron chi connectivity index (χ1n) is 11.7. The van der Waals surface area contributed by atoms with Crippen molar-refractivity contribution in [3.05, 3.63) is 75.3 Å². The van der Waals surface area contributed by atoms with E-state index in [1.807, 2.05) is 6.07 Å². The minimum absolute atomic E-state index is 0.175. The second-order valence-electron chi connectivity index (χ2n) is 8.27. The molecule has 0 amide bonds. The van der Waals surface area contributed by atoms with Crippen molar-refractivity contribution in [1.82, 2.24) is 4.57 Å². The number of benzene rings is 2. The summed E-state index contributed by atoms with van der Waals surface area (Å²) in [7, 11) is 6.15. The van der Waals surface area contributed by atoms with E-state index >= 15 is 0 Å². The van der Waals surface area contributed by atoms with E-state index in [0.29, 0.717) is 52.5 Å². The Labute approximate surface area is 245 Å². The Balaban J connectivity index is 2.00. The zero-order valence-electron chi connectivity index (χ0n) is 22.1. The molecule has 1 atom stereocenters. The van der Waals surface area contributed by atoms with Gasteiger partial charge >= 0.3 is 5.97 Å². The molecule has 0 unspecified atom stereocenters. The number of allylic oxidation sites excluding steroid dienone is 1. The summed E-state index contributed by atoms with van der Waals surface area (Å²) in [5, 5.41) is 0. The van der Waals surface area contributed by atoms with Gasteiger partial charge in [0.05, 0.1) is 61.4 Å². The highest BCUT2D eigenvalue weighted by Crippen LogP contribution is 2.41. The van der Waals surface area contributed by atoms with Gasteiger partial charge in [-0.3, -0.25) is 9.36 Å². The molecule has 39 heavy (non-hydrogen) atoms. The molecule has 4 rings (SSSR count). The van der Waals surface area contributed by atoms with Gasteiger partial charge < -0.3 is 23.7 Å². The topological polar surface area (TPSA) is 97.6 Å². The number of halogens is 2. The van der Waals surface area contributed by atoms with E-state index in [9.17, 15) is 9.59 Å². The Morgan fingerprint density at radius 1 is 1.00 bits per heavy atom. The van der Waals surface area contributed by atoms with Crippen LogP contribution in [0.4, 0.5) is 0 Å². The molecule has 0 aliphatic carbocycles. The van der Waals surface area contributed by atoms with E-state index in [1.54, 1.807) is 52.3 Å². The number of hydrogen-bond acceptors (Lipinski definition) is 9. The van der Waals surface area contributed by atoms with Crippen LogP contribution in [0.15, 0.2) is 54.3 Å². The highest BCUT2D eigenvalue weighted by Gasteiger charge is 2.35. The first kappa shape index (κ1) is 28.9. The largest absolute Gasteiger partial charge is 0.493 e. The van der Waals surface area contributed by atoms with Gasteiger partial charge in [-0.05, 0) is 71.2 Å². The quantitative estimate of drug-likeness (QED) is 0.326. The summed E-state index contributed by atoms with van der Waals surface area (Å²) >= 11 is 8.33. The smallest absolute Gasteiger partial charge is 0.338 e. The average molecular weight is 682 g/mol. The van der Waals surface area contributed by atoms with E-state index in [0.717, 1.165) is 5.56 Å². The fraction of sp³-hybridized carbons (Fsp3) is 0.296. The lowest BCUT2D eigenvalue weighted by molar-refractivity contribution is -0.139. The average Bonchev–Trinajstić information content (AvgIpc) is 3.21. The summed E-state index contributed by atoms with van der Waals surface area (Å²) in [6.07, 6.45) is 1.75. The minimum atomic E-state index is -0.825. The Morgan fingerprint density at radius 3 is 2.28 bits per heavy atom. The standard InChI is InChI=1S/C27H26Br2N2O7S/c1-7-38-26(33)22-13(2)30-27-31(23(22)15-11-18(34-3)19(35-4)12-16(15)28)25(32)21(39-27)10-14-8-17(29)24(37-6)20(9-14)36-5/h8-12,23H,7H2,1-6H3/b21-10-/t23-/m1/s1. The van der Waals surface area contributed by atoms with Gasteiger partial charge in [-0.15, -0.1) is 0 Å². The van der Waals surface area contributed by atoms with Gasteiger partial charge in [0.15, 0.2) is 27.8 Å². The highest BCUT2D eigenvalue weighted by atomic mass is 79.9. The maximum absolute atomic E-state index is 14.0. The van der Waals surface area contributed by atoms with Crippen LogP contribution in [-0.4, -0.2) is 45.6 Å². The van der Waals surface area contributed by atoms with E-state index in [-0.39, 0.29) is 17.7 Å². The molecule has 0 bridgehead atoms. The number of methoxy groups -OCH3 is 4. The number of carbonyl (C=O) groups excluding carboxylic acids is 1. The Kier molecular flexibility index (Phi) is 8.87. The van der Waals surface area contributed by atoms with E-state index in [2.05, 4.69) is 36.9 Å². The zero-order valence-corrected chi connectivity index (χ0v) is 26.1. The number of esters is 1. The number of thiazole rings is 1. The van der Waals surface area contributed by atoms with Crippen LogP contribution < -0.4 is 33.8 Å². The van der Waals surface area contributed by atoms with Crippen LogP contribution in [0.1, 0.15) is 31.0 Å². The van der Waals surface area contributed by atoms with Crippen molar-refractivity contribution in [2.75, 3.05) is 35.0 Å². The molecule has 0 spiro atoms. The zero-order chi connectivity index (χ0) is 28.4. The predicted molar refractivity (Wildman–Crippen MR) is 155 cm³/mol. The van der Waals surface area contributed by atoms with Gasteiger partial charge in [-0.2, -0.15) is 0 Å². The maximum Gasteiger partial charge on any atom is 0.338 e. The maximum atomic E-state index is 14.0. The van der Waals surface area contributed by atoms with Crippen LogP contribution in [-0.2, 0) is 9.53 Å². The number of carbonyl (C=O) groups is 1. The number of fused-ring (bicyclic) bond motifs is 1. The molecule has 0 radical (unpaired) electrons. The second kappa shape index (κ2) is 12.0. The molecule has 1 aliphatic heterocycles. The van der Waals surface area contributed by atoms with Crippen molar-refractivity contribution in [2.45, 2.75) is 19.9 Å². The minimum Gasteiger partial charge on any atom is -0.493 e. The normalized spacial score (nSPS) is 15.0. The Hall–Kier alpha value is -3.09. The van der Waals surface area contributed by atoms with Gasteiger partial charge in [0.1, 0.15) is 0 Å². The van der Waals surface area contributed by atoms with Gasteiger partial charge in [-0.25, -0.2) is 9.79 Å². The van der Waals surface area contributed by atoms with Crippen molar-refractivity contribution in [3.63, 3.8) is 0 Å². The summed E-state index contributed by atoms with van der Waals surface area (Å²) in [5.74, 6) is 1.45. The molecule has 0 fully saturated rings. The molecule has 0 N–H and O–H groups in total. The highest BCUT2D eigenvalue weighted by molar-refractivity contribution is 9.10. The van der Waals surface area contributed by atoms with Crippen molar-refractivity contribution < 1.29 is 28.5 Å². The van der Waals surface area contributed by atoms with E-state index in [1.165, 1.54) is 30.1 Å². The van der Waals surface area contributed by atoms with E-state index < -0.39 is 12.0 Å². The summed E-state index contributed by atoms with van der Waals surface area (Å²) in [6, 6.07) is 6.27. The molecule has 9 nitrogen and oxygen atoms in total. The van der Waals surface area contributed by atoms with Crippen LogP contribution in [0.5, 0.6) is 23.0 Å². The van der Waals surface area contributed by atoms with Crippen LogP contribution in [0.2, 0.25) is 0 Å². The van der Waals surface area contributed by atoms with Gasteiger partial charge in [0, 0.05) is 4.47 Å². The van der Waals surface area contributed by atoms with Crippen molar-refractivity contribution >= 4 is 55.2 Å². The first-order chi connectivity index (χ1) is 18.7. The van der Waals surface area contributed by atoms with Crippen LogP contribution in [0.3, 0.4) is 0 Å². The number of aromatic nitrogens is 1. The molecular formula is C27H26Br2N2O7S. The van der Waals surface area contributed by atoms with Gasteiger partial charge in [0.2, 0.25) is 0 Å². The first-order valence-corrected chi connectivity index (χ1v) is 14.1. The van der Waals surface area contributed by atoms with Crippen LogP contribution >= 0.6 is 43.2 Å². The monoisotopic (exact) mass is 680 g/mol. The van der Waals surface area contributed by atoms with Crippen LogP contribution in [0.25, 0.3) is 6.08 Å². The van der Waals surface area contributed by atoms with Gasteiger partial charge in [0.25, 0.3) is 5.56 Å². The molecule has 206 valence electrons. The fourth-order valence-electron chi connectivity index (χ4n) is 4.34. The number of rotatable bonds is 8. The third-order valence-electron chi connectivity index (χ3n) is 6.07. The molecule has 3 aromatic rings.